The molecule has 128 valence electrons. The number of pyridine rings is 1. The normalized spacial score (nSPS) is 9.48. The molecule has 0 fully saturated rings. The van der Waals surface area contributed by atoms with Crippen molar-refractivity contribution in [1.82, 2.24) is 15.2 Å². The van der Waals surface area contributed by atoms with Crippen molar-refractivity contribution >= 4 is 11.8 Å². The highest BCUT2D eigenvalue weighted by atomic mass is 32.2. The molecule has 1 N–H and O–H groups in total. The van der Waals surface area contributed by atoms with Gasteiger partial charge in [0, 0.05) is 36.1 Å². The summed E-state index contributed by atoms with van der Waals surface area (Å²) in [6.07, 6.45) is 3.64. The van der Waals surface area contributed by atoms with Crippen molar-refractivity contribution in [3.63, 3.8) is 0 Å². The Labute approximate surface area is 146 Å². The molecule has 0 aliphatic heterocycles. The summed E-state index contributed by atoms with van der Waals surface area (Å²) in [6.45, 7) is 6.06. The van der Waals surface area contributed by atoms with E-state index < -0.39 is 0 Å². The summed E-state index contributed by atoms with van der Waals surface area (Å²) >= 11 is 1.88. The van der Waals surface area contributed by atoms with E-state index in [1.165, 1.54) is 10.5 Å². The summed E-state index contributed by atoms with van der Waals surface area (Å²) in [5.41, 5.74) is 1.31. The van der Waals surface area contributed by atoms with Crippen LogP contribution in [0.4, 0.5) is 0 Å². The number of nitrogens with zero attached hydrogens (tertiary/aromatic N) is 2. The third-order valence-corrected chi connectivity index (χ3v) is 3.63. The van der Waals surface area contributed by atoms with Crippen LogP contribution >= 0.6 is 11.8 Å². The van der Waals surface area contributed by atoms with Crippen molar-refractivity contribution in [2.45, 2.75) is 25.3 Å². The van der Waals surface area contributed by atoms with Gasteiger partial charge in [-0.15, -0.1) is 11.8 Å². The lowest BCUT2D eigenvalue weighted by Gasteiger charge is -2.07. The minimum Gasteiger partial charge on any atom is -0.319 e. The van der Waals surface area contributed by atoms with E-state index in [1.807, 2.05) is 63.2 Å². The molecule has 23 heavy (non-hydrogen) atoms. The lowest BCUT2D eigenvalue weighted by atomic mass is 10.3. The second-order valence-electron chi connectivity index (χ2n) is 4.86. The Morgan fingerprint density at radius 3 is 2.13 bits per heavy atom. The van der Waals surface area contributed by atoms with E-state index in [1.54, 1.807) is 0 Å². The fourth-order valence-corrected chi connectivity index (χ4v) is 2.53. The number of hydrogen-bond donors (Lipinski definition) is 1. The SMILES string of the molecule is CC.CN(C)Cc1ccncc1.CNCCSc1ccccc1. The minimum absolute atomic E-state index is 0.989. The van der Waals surface area contributed by atoms with Crippen molar-refractivity contribution < 1.29 is 0 Å². The smallest absolute Gasteiger partial charge is 0.0271 e. The van der Waals surface area contributed by atoms with E-state index >= 15 is 0 Å². The van der Waals surface area contributed by atoms with Gasteiger partial charge in [-0.05, 0) is 51.0 Å². The monoisotopic (exact) mass is 333 g/mol. The molecular formula is C19H31N3S. The second kappa shape index (κ2) is 15.5. The van der Waals surface area contributed by atoms with Crippen LogP contribution in [0.2, 0.25) is 0 Å². The Bertz CT molecular complexity index is 461. The zero-order chi connectivity index (χ0) is 17.3. The Kier molecular flexibility index (Phi) is 14.6. The largest absolute Gasteiger partial charge is 0.319 e. The van der Waals surface area contributed by atoms with Gasteiger partial charge in [0.1, 0.15) is 0 Å². The first-order valence-electron chi connectivity index (χ1n) is 8.08. The molecule has 4 heteroatoms. The van der Waals surface area contributed by atoms with Crippen LogP contribution in [-0.2, 0) is 6.54 Å². The molecule has 0 amide bonds. The molecular weight excluding hydrogens is 302 g/mol. The summed E-state index contributed by atoms with van der Waals surface area (Å²) < 4.78 is 0. The quantitative estimate of drug-likeness (QED) is 0.634. The maximum absolute atomic E-state index is 3.93. The highest BCUT2D eigenvalue weighted by Gasteiger charge is 1.91. The van der Waals surface area contributed by atoms with Crippen molar-refractivity contribution in [1.29, 1.82) is 0 Å². The van der Waals surface area contributed by atoms with Crippen LogP contribution in [0.25, 0.3) is 0 Å². The zero-order valence-electron chi connectivity index (χ0n) is 15.1. The molecule has 3 nitrogen and oxygen atoms in total. The van der Waals surface area contributed by atoms with Gasteiger partial charge < -0.3 is 10.2 Å². The number of rotatable bonds is 6. The molecule has 0 bridgehead atoms. The molecule has 0 aliphatic carbocycles. The Hall–Kier alpha value is -1.36. The average molecular weight is 334 g/mol. The van der Waals surface area contributed by atoms with Crippen LogP contribution in [-0.4, -0.2) is 43.3 Å². The third kappa shape index (κ3) is 12.8. The van der Waals surface area contributed by atoms with Gasteiger partial charge >= 0.3 is 0 Å². The highest BCUT2D eigenvalue weighted by molar-refractivity contribution is 7.99. The predicted octanol–water partition coefficient (Wildman–Crippen LogP) is 4.17. The van der Waals surface area contributed by atoms with E-state index in [2.05, 4.69) is 53.6 Å². The average Bonchev–Trinajstić information content (AvgIpc) is 2.59. The summed E-state index contributed by atoms with van der Waals surface area (Å²) in [7, 11) is 6.09. The fraction of sp³-hybridized carbons (Fsp3) is 0.421. The summed E-state index contributed by atoms with van der Waals surface area (Å²) in [5.74, 6) is 1.14. The molecule has 1 aromatic heterocycles. The summed E-state index contributed by atoms with van der Waals surface area (Å²) in [6, 6.07) is 14.5. The van der Waals surface area contributed by atoms with Gasteiger partial charge in [0.15, 0.2) is 0 Å². The zero-order valence-corrected chi connectivity index (χ0v) is 15.9. The van der Waals surface area contributed by atoms with E-state index in [-0.39, 0.29) is 0 Å². The van der Waals surface area contributed by atoms with Crippen molar-refractivity contribution in [2.24, 2.45) is 0 Å². The lowest BCUT2D eigenvalue weighted by Crippen LogP contribution is -2.10. The van der Waals surface area contributed by atoms with E-state index in [4.69, 9.17) is 0 Å². The molecule has 1 aromatic carbocycles. The maximum Gasteiger partial charge on any atom is 0.0271 e. The first-order chi connectivity index (χ1) is 11.2. The van der Waals surface area contributed by atoms with E-state index in [0.29, 0.717) is 0 Å². The molecule has 0 saturated carbocycles. The summed E-state index contributed by atoms with van der Waals surface area (Å²) in [5, 5.41) is 3.12. The van der Waals surface area contributed by atoms with Gasteiger partial charge in [0.25, 0.3) is 0 Å². The topological polar surface area (TPSA) is 28.2 Å². The van der Waals surface area contributed by atoms with Crippen molar-refractivity contribution in [3.8, 4) is 0 Å². The number of aromatic nitrogens is 1. The second-order valence-corrected chi connectivity index (χ2v) is 6.03. The van der Waals surface area contributed by atoms with Gasteiger partial charge in [-0.3, -0.25) is 4.98 Å². The van der Waals surface area contributed by atoms with Gasteiger partial charge in [0.05, 0.1) is 0 Å². The minimum atomic E-state index is 0.989. The van der Waals surface area contributed by atoms with Gasteiger partial charge in [-0.1, -0.05) is 32.0 Å². The fourth-order valence-electron chi connectivity index (χ4n) is 1.64. The van der Waals surface area contributed by atoms with Crippen LogP contribution in [0.3, 0.4) is 0 Å². The van der Waals surface area contributed by atoms with Crippen molar-refractivity contribution in [2.75, 3.05) is 33.4 Å². The van der Waals surface area contributed by atoms with Crippen LogP contribution in [0, 0.1) is 0 Å². The predicted molar refractivity (Wildman–Crippen MR) is 104 cm³/mol. The van der Waals surface area contributed by atoms with E-state index in [9.17, 15) is 0 Å². The Morgan fingerprint density at radius 1 is 1.00 bits per heavy atom. The molecule has 0 saturated heterocycles. The van der Waals surface area contributed by atoms with Gasteiger partial charge in [-0.25, -0.2) is 0 Å². The molecule has 0 radical (unpaired) electrons. The molecule has 2 aromatic rings. The standard InChI is InChI=1S/C9H13NS.C8H12N2.C2H6/c1-10-7-8-11-9-5-3-2-4-6-9;1-10(2)7-8-3-5-9-6-4-8;1-2/h2-6,10H,7-8H2,1H3;3-6H,7H2,1-2H3;1-2H3. The highest BCUT2D eigenvalue weighted by Crippen LogP contribution is 2.15. The van der Waals surface area contributed by atoms with E-state index in [0.717, 1.165) is 18.8 Å². The van der Waals surface area contributed by atoms with Gasteiger partial charge in [0.2, 0.25) is 0 Å². The number of nitrogens with one attached hydrogen (secondary N) is 1. The first kappa shape index (κ1) is 21.6. The molecule has 0 aliphatic rings. The van der Waals surface area contributed by atoms with Crippen LogP contribution in [0.5, 0.6) is 0 Å². The Morgan fingerprint density at radius 2 is 1.61 bits per heavy atom. The van der Waals surface area contributed by atoms with Crippen LogP contribution in [0.15, 0.2) is 59.8 Å². The molecule has 0 atom stereocenters. The third-order valence-electron chi connectivity index (χ3n) is 2.61. The maximum atomic E-state index is 3.93. The first-order valence-corrected chi connectivity index (χ1v) is 9.07. The van der Waals surface area contributed by atoms with Crippen molar-refractivity contribution in [3.05, 3.63) is 60.4 Å². The lowest BCUT2D eigenvalue weighted by molar-refractivity contribution is 0.402. The number of benzene rings is 1. The summed E-state index contributed by atoms with van der Waals surface area (Å²) in [4.78, 5) is 7.42. The Balaban J connectivity index is 0.000000381. The molecule has 2 rings (SSSR count). The number of thioether (sulfide) groups is 1. The molecule has 0 spiro atoms. The van der Waals surface area contributed by atoms with Crippen LogP contribution in [0.1, 0.15) is 19.4 Å². The van der Waals surface area contributed by atoms with Crippen LogP contribution < -0.4 is 5.32 Å². The molecule has 1 heterocycles. The molecule has 0 unspecified atom stereocenters. The number of hydrogen-bond acceptors (Lipinski definition) is 4. The van der Waals surface area contributed by atoms with Gasteiger partial charge in [-0.2, -0.15) is 0 Å².